The Bertz CT molecular complexity index is 678. The van der Waals surface area contributed by atoms with Crippen molar-refractivity contribution in [3.05, 3.63) is 17.0 Å². The van der Waals surface area contributed by atoms with Crippen molar-refractivity contribution < 1.29 is 8.42 Å². The minimum Gasteiger partial charge on any atom is -0.356 e. The van der Waals surface area contributed by atoms with E-state index < -0.39 is 10.0 Å². The summed E-state index contributed by atoms with van der Waals surface area (Å²) in [6.07, 6.45) is 3.35. The molecule has 0 spiro atoms. The largest absolute Gasteiger partial charge is 0.356 e. The third-order valence-electron chi connectivity index (χ3n) is 4.35. The standard InChI is InChI=1S/C17H30N4O2S3/c1-4-21(5-2)26(22,23)16-9-8-14(25-16)10-11-19-17(18-3)20-13-15-7-6-12-24-15/h8-9,15H,4-7,10-13H2,1-3H3,(H2,18,19,20). The summed E-state index contributed by atoms with van der Waals surface area (Å²) in [6.45, 7) is 6.38. The van der Waals surface area contributed by atoms with Gasteiger partial charge in [-0.2, -0.15) is 16.1 Å². The predicted octanol–water partition coefficient (Wildman–Crippen LogP) is 2.38. The van der Waals surface area contributed by atoms with Crippen LogP contribution in [0.25, 0.3) is 0 Å². The molecule has 1 aliphatic rings. The van der Waals surface area contributed by atoms with Gasteiger partial charge in [0.25, 0.3) is 10.0 Å². The van der Waals surface area contributed by atoms with Crippen LogP contribution in [0.4, 0.5) is 0 Å². The minimum absolute atomic E-state index is 0.428. The SMILES string of the molecule is CCN(CC)S(=O)(=O)c1ccc(CCNC(=NC)NCC2CCCS2)s1. The predicted molar refractivity (Wildman–Crippen MR) is 113 cm³/mol. The number of nitrogens with zero attached hydrogens (tertiary/aromatic N) is 2. The Balaban J connectivity index is 1.81. The third-order valence-corrected chi connectivity index (χ3v) is 9.41. The first-order chi connectivity index (χ1) is 12.5. The van der Waals surface area contributed by atoms with Gasteiger partial charge in [0.05, 0.1) is 0 Å². The summed E-state index contributed by atoms with van der Waals surface area (Å²) in [4.78, 5) is 5.32. The maximum atomic E-state index is 12.5. The van der Waals surface area contributed by atoms with Crippen molar-refractivity contribution in [2.24, 2.45) is 4.99 Å². The Morgan fingerprint density at radius 1 is 1.31 bits per heavy atom. The summed E-state index contributed by atoms with van der Waals surface area (Å²) in [5, 5.41) is 7.37. The van der Waals surface area contributed by atoms with Gasteiger partial charge < -0.3 is 10.6 Å². The Morgan fingerprint density at radius 3 is 2.69 bits per heavy atom. The molecule has 148 valence electrons. The van der Waals surface area contributed by atoms with Gasteiger partial charge in [-0.3, -0.25) is 4.99 Å². The van der Waals surface area contributed by atoms with Crippen LogP contribution in [0.3, 0.4) is 0 Å². The van der Waals surface area contributed by atoms with E-state index in [4.69, 9.17) is 0 Å². The Kier molecular flexibility index (Phi) is 8.72. The van der Waals surface area contributed by atoms with Gasteiger partial charge in [-0.15, -0.1) is 11.3 Å². The highest BCUT2D eigenvalue weighted by molar-refractivity contribution is 8.00. The van der Waals surface area contributed by atoms with Crippen molar-refractivity contribution in [2.45, 2.75) is 42.6 Å². The molecule has 0 aliphatic carbocycles. The molecule has 0 amide bonds. The molecule has 1 atom stereocenters. The lowest BCUT2D eigenvalue weighted by atomic mass is 10.2. The smallest absolute Gasteiger partial charge is 0.252 e. The lowest BCUT2D eigenvalue weighted by Gasteiger charge is -2.16. The maximum absolute atomic E-state index is 12.5. The molecule has 6 nitrogen and oxygen atoms in total. The summed E-state index contributed by atoms with van der Waals surface area (Å²) < 4.78 is 27.0. The van der Waals surface area contributed by atoms with E-state index in [1.54, 1.807) is 13.1 Å². The van der Waals surface area contributed by atoms with E-state index in [1.165, 1.54) is 34.2 Å². The van der Waals surface area contributed by atoms with Crippen LogP contribution < -0.4 is 10.6 Å². The van der Waals surface area contributed by atoms with E-state index in [9.17, 15) is 8.42 Å². The molecule has 1 fully saturated rings. The summed E-state index contributed by atoms with van der Waals surface area (Å²) in [5.41, 5.74) is 0. The van der Waals surface area contributed by atoms with E-state index in [0.29, 0.717) is 22.5 Å². The number of sulfonamides is 1. The molecule has 0 radical (unpaired) electrons. The molecule has 2 rings (SSSR count). The first-order valence-electron chi connectivity index (χ1n) is 9.16. The molecule has 0 bridgehead atoms. The Hall–Kier alpha value is -0.770. The number of hydrogen-bond donors (Lipinski definition) is 2. The van der Waals surface area contributed by atoms with Gasteiger partial charge >= 0.3 is 0 Å². The van der Waals surface area contributed by atoms with Gasteiger partial charge in [0.2, 0.25) is 0 Å². The lowest BCUT2D eigenvalue weighted by molar-refractivity contribution is 0.447. The monoisotopic (exact) mass is 418 g/mol. The Morgan fingerprint density at radius 2 is 2.08 bits per heavy atom. The molecule has 2 heterocycles. The molecular formula is C17H30N4O2S3. The number of thioether (sulfide) groups is 1. The van der Waals surface area contributed by atoms with Crippen LogP contribution in [-0.2, 0) is 16.4 Å². The number of aliphatic imine (C=N–C) groups is 1. The van der Waals surface area contributed by atoms with Crippen LogP contribution in [-0.4, -0.2) is 62.9 Å². The molecule has 1 unspecified atom stereocenters. The number of thiophene rings is 1. The van der Waals surface area contributed by atoms with Gasteiger partial charge in [-0.1, -0.05) is 13.8 Å². The van der Waals surface area contributed by atoms with E-state index in [-0.39, 0.29) is 0 Å². The van der Waals surface area contributed by atoms with Crippen molar-refractivity contribution in [1.82, 2.24) is 14.9 Å². The molecule has 2 N–H and O–H groups in total. The first-order valence-corrected chi connectivity index (χ1v) is 12.5. The zero-order valence-corrected chi connectivity index (χ0v) is 18.3. The minimum atomic E-state index is -3.35. The Labute approximate surface area is 165 Å². The second kappa shape index (κ2) is 10.5. The second-order valence-corrected chi connectivity index (χ2v) is 10.8. The van der Waals surface area contributed by atoms with Crippen LogP contribution in [0.2, 0.25) is 0 Å². The van der Waals surface area contributed by atoms with Crippen molar-refractivity contribution in [1.29, 1.82) is 0 Å². The number of nitrogens with one attached hydrogen (secondary N) is 2. The molecule has 1 saturated heterocycles. The molecule has 9 heteroatoms. The van der Waals surface area contributed by atoms with E-state index in [0.717, 1.165) is 30.3 Å². The van der Waals surface area contributed by atoms with E-state index >= 15 is 0 Å². The maximum Gasteiger partial charge on any atom is 0.252 e. The second-order valence-electron chi connectivity index (χ2n) is 6.07. The van der Waals surface area contributed by atoms with Crippen molar-refractivity contribution in [3.8, 4) is 0 Å². The van der Waals surface area contributed by atoms with Crippen molar-refractivity contribution in [2.75, 3.05) is 39.0 Å². The fraction of sp³-hybridized carbons (Fsp3) is 0.706. The highest BCUT2D eigenvalue weighted by Crippen LogP contribution is 2.26. The summed E-state index contributed by atoms with van der Waals surface area (Å²) >= 11 is 3.38. The summed E-state index contributed by atoms with van der Waals surface area (Å²) in [6, 6.07) is 3.63. The highest BCUT2D eigenvalue weighted by atomic mass is 32.2. The molecular weight excluding hydrogens is 388 g/mol. The molecule has 0 aromatic carbocycles. The van der Waals surface area contributed by atoms with Crippen molar-refractivity contribution >= 4 is 39.1 Å². The van der Waals surface area contributed by atoms with E-state index in [2.05, 4.69) is 15.6 Å². The summed E-state index contributed by atoms with van der Waals surface area (Å²) in [7, 11) is -1.58. The van der Waals surface area contributed by atoms with Gasteiger partial charge in [0.15, 0.2) is 5.96 Å². The van der Waals surface area contributed by atoms with Gasteiger partial charge in [-0.05, 0) is 37.1 Å². The normalized spacial score (nSPS) is 18.5. The summed E-state index contributed by atoms with van der Waals surface area (Å²) in [5.74, 6) is 2.07. The van der Waals surface area contributed by atoms with Crippen LogP contribution in [0.1, 0.15) is 31.6 Å². The average Bonchev–Trinajstić information content (AvgIpc) is 3.30. The fourth-order valence-electron chi connectivity index (χ4n) is 2.86. The first kappa shape index (κ1) is 21.5. The lowest BCUT2D eigenvalue weighted by Crippen LogP contribution is -2.40. The van der Waals surface area contributed by atoms with Crippen LogP contribution in [0, 0.1) is 0 Å². The quantitative estimate of drug-likeness (QED) is 0.476. The molecule has 1 aliphatic heterocycles. The number of guanidine groups is 1. The third kappa shape index (κ3) is 5.87. The molecule has 0 saturated carbocycles. The van der Waals surface area contributed by atoms with Crippen LogP contribution in [0.15, 0.2) is 21.3 Å². The van der Waals surface area contributed by atoms with Gasteiger partial charge in [0.1, 0.15) is 4.21 Å². The molecule has 1 aromatic rings. The van der Waals surface area contributed by atoms with Crippen LogP contribution >= 0.6 is 23.1 Å². The fourth-order valence-corrected chi connectivity index (χ4v) is 7.03. The zero-order valence-electron chi connectivity index (χ0n) is 15.8. The van der Waals surface area contributed by atoms with Crippen molar-refractivity contribution in [3.63, 3.8) is 0 Å². The number of hydrogen-bond acceptors (Lipinski definition) is 5. The highest BCUT2D eigenvalue weighted by Gasteiger charge is 2.23. The van der Waals surface area contributed by atoms with E-state index in [1.807, 2.05) is 31.7 Å². The van der Waals surface area contributed by atoms with Gasteiger partial charge in [0, 0.05) is 43.4 Å². The number of rotatable bonds is 9. The zero-order chi connectivity index (χ0) is 19.0. The van der Waals surface area contributed by atoms with Gasteiger partial charge in [-0.25, -0.2) is 8.42 Å². The average molecular weight is 419 g/mol. The molecule has 26 heavy (non-hydrogen) atoms. The molecule has 1 aromatic heterocycles. The topological polar surface area (TPSA) is 73.8 Å². The van der Waals surface area contributed by atoms with Crippen LogP contribution in [0.5, 0.6) is 0 Å².